The fraction of sp³-hybridized carbons (Fsp3) is 0.500. The lowest BCUT2D eigenvalue weighted by Crippen LogP contribution is -2.33. The smallest absolute Gasteiger partial charge is 0.224 e. The van der Waals surface area contributed by atoms with Crippen LogP contribution in [0.25, 0.3) is 11.0 Å². The summed E-state index contributed by atoms with van der Waals surface area (Å²) in [6.07, 6.45) is 3.19. The molecule has 0 radical (unpaired) electrons. The van der Waals surface area contributed by atoms with Crippen molar-refractivity contribution >= 4 is 16.9 Å². The number of rotatable bonds is 3. The molecule has 4 nitrogen and oxygen atoms in total. The highest BCUT2D eigenvalue weighted by molar-refractivity contribution is 5.84. The number of carbonyl (C=O) groups excluding carboxylic acids is 1. The van der Waals surface area contributed by atoms with Gasteiger partial charge in [-0.05, 0) is 62.9 Å². The minimum atomic E-state index is -0.275. The van der Waals surface area contributed by atoms with Crippen LogP contribution in [0.15, 0.2) is 22.6 Å². The van der Waals surface area contributed by atoms with Crippen LogP contribution in [0.2, 0.25) is 0 Å². The Bertz CT molecular complexity index is 762. The Morgan fingerprint density at radius 1 is 1.43 bits per heavy atom. The Balaban J connectivity index is 1.43. The summed E-state index contributed by atoms with van der Waals surface area (Å²) in [5.74, 6) is 0.700. The number of furan rings is 1. The molecule has 1 aliphatic carbocycles. The standard InChI is InChI=1S/C18H21FN2O2/c1-11-13-8-12(19)2-3-15(13)23-16(11)10-21-17(22)14-9-18(14)4-6-20-7-5-18/h2-3,8,14,20H,4-7,9-10H2,1H3,(H,21,22). The SMILES string of the molecule is Cc1c(CNC(=O)C2CC23CCNCC3)oc2ccc(F)cc12. The molecule has 2 fully saturated rings. The van der Waals surface area contributed by atoms with Crippen LogP contribution in [0.4, 0.5) is 4.39 Å². The van der Waals surface area contributed by atoms with Crippen LogP contribution in [0.1, 0.15) is 30.6 Å². The van der Waals surface area contributed by atoms with Crippen LogP contribution in [-0.2, 0) is 11.3 Å². The van der Waals surface area contributed by atoms with E-state index in [1.165, 1.54) is 12.1 Å². The summed E-state index contributed by atoms with van der Waals surface area (Å²) >= 11 is 0. The van der Waals surface area contributed by atoms with E-state index < -0.39 is 0 Å². The maximum Gasteiger partial charge on any atom is 0.224 e. The number of hydrogen-bond acceptors (Lipinski definition) is 3. The highest BCUT2D eigenvalue weighted by Crippen LogP contribution is 2.58. The highest BCUT2D eigenvalue weighted by atomic mass is 19.1. The molecule has 1 aromatic heterocycles. The van der Waals surface area contributed by atoms with Gasteiger partial charge in [-0.2, -0.15) is 0 Å². The van der Waals surface area contributed by atoms with Crippen molar-refractivity contribution in [3.63, 3.8) is 0 Å². The summed E-state index contributed by atoms with van der Waals surface area (Å²) in [6, 6.07) is 4.50. The zero-order valence-electron chi connectivity index (χ0n) is 13.2. The van der Waals surface area contributed by atoms with Crippen LogP contribution in [0, 0.1) is 24.1 Å². The van der Waals surface area contributed by atoms with Crippen LogP contribution in [-0.4, -0.2) is 19.0 Å². The normalized spacial score (nSPS) is 22.4. The Labute approximate surface area is 134 Å². The van der Waals surface area contributed by atoms with Crippen molar-refractivity contribution in [1.29, 1.82) is 0 Å². The molecule has 2 aromatic rings. The third-order valence-corrected chi connectivity index (χ3v) is 5.53. The number of carbonyl (C=O) groups is 1. The average molecular weight is 316 g/mol. The van der Waals surface area contributed by atoms with Gasteiger partial charge in [-0.1, -0.05) is 0 Å². The molecule has 1 atom stereocenters. The molecule has 5 heteroatoms. The first-order valence-corrected chi connectivity index (χ1v) is 8.25. The van der Waals surface area contributed by atoms with Gasteiger partial charge in [-0.3, -0.25) is 4.79 Å². The largest absolute Gasteiger partial charge is 0.459 e. The first-order valence-electron chi connectivity index (χ1n) is 8.25. The van der Waals surface area contributed by atoms with Crippen LogP contribution < -0.4 is 10.6 Å². The molecule has 122 valence electrons. The van der Waals surface area contributed by atoms with Crippen molar-refractivity contribution in [3.05, 3.63) is 35.3 Å². The molecule has 1 unspecified atom stereocenters. The molecular weight excluding hydrogens is 295 g/mol. The number of aryl methyl sites for hydroxylation is 1. The predicted molar refractivity (Wildman–Crippen MR) is 85.4 cm³/mol. The minimum Gasteiger partial charge on any atom is -0.459 e. The Morgan fingerprint density at radius 2 is 2.22 bits per heavy atom. The van der Waals surface area contributed by atoms with Gasteiger partial charge in [0.05, 0.1) is 6.54 Å². The maximum absolute atomic E-state index is 13.3. The molecule has 2 N–H and O–H groups in total. The second-order valence-electron chi connectivity index (χ2n) is 6.88. The van der Waals surface area contributed by atoms with Gasteiger partial charge in [0, 0.05) is 16.9 Å². The van der Waals surface area contributed by atoms with E-state index in [9.17, 15) is 9.18 Å². The van der Waals surface area contributed by atoms with Gasteiger partial charge in [0.25, 0.3) is 0 Å². The third kappa shape index (κ3) is 2.53. The lowest BCUT2D eigenvalue weighted by atomic mass is 9.92. The summed E-state index contributed by atoms with van der Waals surface area (Å²) in [4.78, 5) is 12.4. The summed E-state index contributed by atoms with van der Waals surface area (Å²) in [7, 11) is 0. The molecular formula is C18H21FN2O2. The summed E-state index contributed by atoms with van der Waals surface area (Å²) in [5.41, 5.74) is 1.79. The molecule has 1 spiro atoms. The van der Waals surface area contributed by atoms with E-state index in [-0.39, 0.29) is 23.1 Å². The van der Waals surface area contributed by atoms with Gasteiger partial charge in [0.2, 0.25) is 5.91 Å². The van der Waals surface area contributed by atoms with Crippen molar-refractivity contribution in [2.45, 2.75) is 32.7 Å². The number of benzene rings is 1. The average Bonchev–Trinajstić information content (AvgIpc) is 3.15. The highest BCUT2D eigenvalue weighted by Gasteiger charge is 2.57. The van der Waals surface area contributed by atoms with E-state index in [1.807, 2.05) is 6.92 Å². The number of fused-ring (bicyclic) bond motifs is 1. The Hall–Kier alpha value is -1.88. The molecule has 4 rings (SSSR count). The zero-order chi connectivity index (χ0) is 16.0. The van der Waals surface area contributed by atoms with E-state index in [2.05, 4.69) is 10.6 Å². The number of amides is 1. The lowest BCUT2D eigenvalue weighted by Gasteiger charge is -2.23. The van der Waals surface area contributed by atoms with Gasteiger partial charge >= 0.3 is 0 Å². The molecule has 2 aliphatic rings. The van der Waals surface area contributed by atoms with E-state index in [4.69, 9.17) is 4.42 Å². The molecule has 1 saturated heterocycles. The first kappa shape index (κ1) is 14.7. The molecule has 0 bridgehead atoms. The van der Waals surface area contributed by atoms with Crippen LogP contribution >= 0.6 is 0 Å². The first-order chi connectivity index (χ1) is 11.1. The number of halogens is 1. The monoisotopic (exact) mass is 316 g/mol. The Kier molecular flexibility index (Phi) is 3.41. The van der Waals surface area contributed by atoms with Gasteiger partial charge in [0.1, 0.15) is 17.2 Å². The molecule has 1 amide bonds. The number of piperidine rings is 1. The molecule has 1 saturated carbocycles. The predicted octanol–water partition coefficient (Wildman–Crippen LogP) is 2.89. The summed E-state index contributed by atoms with van der Waals surface area (Å²) < 4.78 is 19.1. The van der Waals surface area contributed by atoms with Gasteiger partial charge in [-0.25, -0.2) is 4.39 Å². The third-order valence-electron chi connectivity index (χ3n) is 5.53. The number of nitrogens with one attached hydrogen (secondary N) is 2. The van der Waals surface area contributed by atoms with Gasteiger partial charge in [0.15, 0.2) is 0 Å². The summed E-state index contributed by atoms with van der Waals surface area (Å²) in [5, 5.41) is 7.12. The van der Waals surface area contributed by atoms with Crippen molar-refractivity contribution in [2.24, 2.45) is 11.3 Å². The van der Waals surface area contributed by atoms with E-state index in [1.54, 1.807) is 6.07 Å². The minimum absolute atomic E-state index is 0.123. The lowest BCUT2D eigenvalue weighted by molar-refractivity contribution is -0.123. The fourth-order valence-corrected chi connectivity index (χ4v) is 3.90. The fourth-order valence-electron chi connectivity index (χ4n) is 3.90. The van der Waals surface area contributed by atoms with Crippen LogP contribution in [0.3, 0.4) is 0 Å². The Morgan fingerprint density at radius 3 is 3.00 bits per heavy atom. The second kappa shape index (κ2) is 5.34. The van der Waals surface area contributed by atoms with Gasteiger partial charge in [-0.15, -0.1) is 0 Å². The molecule has 1 aliphatic heterocycles. The van der Waals surface area contributed by atoms with Crippen molar-refractivity contribution < 1.29 is 13.6 Å². The van der Waals surface area contributed by atoms with Crippen molar-refractivity contribution in [2.75, 3.05) is 13.1 Å². The van der Waals surface area contributed by atoms with Crippen molar-refractivity contribution in [1.82, 2.24) is 10.6 Å². The molecule has 2 heterocycles. The zero-order valence-corrected chi connectivity index (χ0v) is 13.2. The maximum atomic E-state index is 13.3. The van der Waals surface area contributed by atoms with E-state index in [0.29, 0.717) is 17.9 Å². The molecule has 23 heavy (non-hydrogen) atoms. The topological polar surface area (TPSA) is 54.3 Å². The quantitative estimate of drug-likeness (QED) is 0.915. The molecule has 1 aromatic carbocycles. The van der Waals surface area contributed by atoms with Crippen molar-refractivity contribution in [3.8, 4) is 0 Å². The summed E-state index contributed by atoms with van der Waals surface area (Å²) in [6.45, 7) is 4.29. The van der Waals surface area contributed by atoms with E-state index in [0.717, 1.165) is 43.3 Å². The second-order valence-corrected chi connectivity index (χ2v) is 6.88. The van der Waals surface area contributed by atoms with E-state index >= 15 is 0 Å². The van der Waals surface area contributed by atoms with Crippen LogP contribution in [0.5, 0.6) is 0 Å². The number of hydrogen-bond donors (Lipinski definition) is 2. The van der Waals surface area contributed by atoms with Gasteiger partial charge < -0.3 is 15.1 Å².